The van der Waals surface area contributed by atoms with Crippen molar-refractivity contribution < 1.29 is 9.53 Å². The molecule has 1 aromatic carbocycles. The number of rotatable bonds is 7. The first kappa shape index (κ1) is 20.3. The Bertz CT molecular complexity index is 904. The van der Waals surface area contributed by atoms with Gasteiger partial charge in [-0.25, -0.2) is 4.98 Å². The molecule has 6 nitrogen and oxygen atoms in total. The quantitative estimate of drug-likeness (QED) is 0.542. The van der Waals surface area contributed by atoms with Crippen molar-refractivity contribution in [3.05, 3.63) is 45.3 Å². The van der Waals surface area contributed by atoms with E-state index in [4.69, 9.17) is 16.3 Å². The number of halogens is 1. The van der Waals surface area contributed by atoms with Gasteiger partial charge in [-0.3, -0.25) is 14.2 Å². The van der Waals surface area contributed by atoms with Crippen molar-refractivity contribution in [3.63, 3.8) is 0 Å². The van der Waals surface area contributed by atoms with Crippen LogP contribution in [0.5, 0.6) is 0 Å². The van der Waals surface area contributed by atoms with Gasteiger partial charge in [0.15, 0.2) is 5.16 Å². The van der Waals surface area contributed by atoms with Crippen molar-refractivity contribution in [2.75, 3.05) is 24.8 Å². The van der Waals surface area contributed by atoms with Gasteiger partial charge in [-0.1, -0.05) is 36.4 Å². The number of methoxy groups -OCH3 is 1. The molecule has 1 aliphatic heterocycles. The van der Waals surface area contributed by atoms with Gasteiger partial charge in [0.2, 0.25) is 5.91 Å². The van der Waals surface area contributed by atoms with E-state index in [1.54, 1.807) is 47.7 Å². The van der Waals surface area contributed by atoms with Crippen LogP contribution in [0.15, 0.2) is 39.1 Å². The number of hydrogen-bond acceptors (Lipinski definition) is 6. The zero-order valence-corrected chi connectivity index (χ0v) is 17.4. The lowest BCUT2D eigenvalue weighted by Crippen LogP contribution is -2.27. The number of benzene rings is 1. The van der Waals surface area contributed by atoms with Gasteiger partial charge in [0.05, 0.1) is 29.5 Å². The summed E-state index contributed by atoms with van der Waals surface area (Å²) in [4.78, 5) is 30.5. The van der Waals surface area contributed by atoms with Crippen LogP contribution in [0.25, 0.3) is 0 Å². The summed E-state index contributed by atoms with van der Waals surface area (Å²) in [6, 6.07) is 6.97. The van der Waals surface area contributed by atoms with Crippen molar-refractivity contribution in [1.82, 2.24) is 9.55 Å². The molecule has 0 bridgehead atoms. The highest BCUT2D eigenvalue weighted by Gasteiger charge is 2.26. The highest BCUT2D eigenvalue weighted by atomic mass is 35.5. The molecule has 27 heavy (non-hydrogen) atoms. The summed E-state index contributed by atoms with van der Waals surface area (Å²) >= 11 is 8.75. The number of aromatic nitrogens is 2. The fourth-order valence-corrected chi connectivity index (χ4v) is 4.86. The van der Waals surface area contributed by atoms with Gasteiger partial charge >= 0.3 is 0 Å². The minimum atomic E-state index is -0.182. The first-order valence-electron chi connectivity index (χ1n) is 8.45. The molecule has 0 aliphatic carbocycles. The van der Waals surface area contributed by atoms with E-state index in [-0.39, 0.29) is 17.2 Å². The number of anilines is 1. The largest absolute Gasteiger partial charge is 0.383 e. The molecule has 144 valence electrons. The predicted molar refractivity (Wildman–Crippen MR) is 110 cm³/mol. The molecule has 3 rings (SSSR count). The SMILES string of the molecule is COCCn1c(SCC(=O)Nc2cccc(Cl)c2)nc2c(c1=O)SC(C)C2. The van der Waals surface area contributed by atoms with Crippen LogP contribution >= 0.6 is 35.1 Å². The maximum Gasteiger partial charge on any atom is 0.268 e. The Morgan fingerprint density at radius 3 is 3.07 bits per heavy atom. The van der Waals surface area contributed by atoms with Gasteiger partial charge in [0, 0.05) is 29.5 Å². The smallest absolute Gasteiger partial charge is 0.268 e. The number of fused-ring (bicyclic) bond motifs is 1. The van der Waals surface area contributed by atoms with E-state index in [2.05, 4.69) is 17.2 Å². The molecule has 0 saturated carbocycles. The molecule has 1 aliphatic rings. The van der Waals surface area contributed by atoms with Gasteiger partial charge in [-0.05, 0) is 18.2 Å². The molecular weight excluding hydrogens is 406 g/mol. The molecule has 1 aromatic heterocycles. The molecule has 0 saturated heterocycles. The molecule has 9 heteroatoms. The number of carbonyl (C=O) groups excluding carboxylic acids is 1. The third-order valence-corrected chi connectivity index (χ3v) is 6.35. The topological polar surface area (TPSA) is 73.2 Å². The fourth-order valence-electron chi connectivity index (χ4n) is 2.71. The first-order valence-corrected chi connectivity index (χ1v) is 10.7. The monoisotopic (exact) mass is 425 g/mol. The Hall–Kier alpha value is -1.48. The number of nitrogens with one attached hydrogen (secondary N) is 1. The van der Waals surface area contributed by atoms with E-state index < -0.39 is 0 Å². The summed E-state index contributed by atoms with van der Waals surface area (Å²) in [6.07, 6.45) is 0.766. The third-order valence-electron chi connectivity index (χ3n) is 3.92. The summed E-state index contributed by atoms with van der Waals surface area (Å²) < 4.78 is 6.72. The van der Waals surface area contributed by atoms with Crippen LogP contribution in [0.2, 0.25) is 5.02 Å². The lowest BCUT2D eigenvalue weighted by atomic mass is 10.2. The van der Waals surface area contributed by atoms with Gasteiger partial charge < -0.3 is 10.1 Å². The van der Waals surface area contributed by atoms with E-state index in [1.165, 1.54) is 11.8 Å². The summed E-state index contributed by atoms with van der Waals surface area (Å²) in [5.74, 6) is -0.0361. The van der Waals surface area contributed by atoms with E-state index in [0.29, 0.717) is 39.2 Å². The maximum atomic E-state index is 12.8. The molecule has 0 radical (unpaired) electrons. The average Bonchev–Trinajstić information content (AvgIpc) is 3.00. The van der Waals surface area contributed by atoms with Gasteiger partial charge in [-0.15, -0.1) is 11.8 Å². The fraction of sp³-hybridized carbons (Fsp3) is 0.389. The van der Waals surface area contributed by atoms with Crippen molar-refractivity contribution >= 4 is 46.7 Å². The van der Waals surface area contributed by atoms with Gasteiger partial charge in [-0.2, -0.15) is 0 Å². The second-order valence-electron chi connectivity index (χ2n) is 6.10. The maximum absolute atomic E-state index is 12.8. The van der Waals surface area contributed by atoms with E-state index >= 15 is 0 Å². The Morgan fingerprint density at radius 2 is 2.33 bits per heavy atom. The molecule has 0 spiro atoms. The number of thioether (sulfide) groups is 2. The average molecular weight is 426 g/mol. The minimum absolute atomic E-state index is 0.0517. The Balaban J connectivity index is 1.75. The van der Waals surface area contributed by atoms with Crippen LogP contribution in [0, 0.1) is 0 Å². The number of nitrogens with zero attached hydrogens (tertiary/aromatic N) is 2. The zero-order valence-electron chi connectivity index (χ0n) is 15.0. The Morgan fingerprint density at radius 1 is 1.52 bits per heavy atom. The lowest BCUT2D eigenvalue weighted by Gasteiger charge is -2.13. The molecule has 1 unspecified atom stereocenters. The summed E-state index contributed by atoms with van der Waals surface area (Å²) in [7, 11) is 1.59. The normalized spacial score (nSPS) is 15.6. The second-order valence-corrected chi connectivity index (χ2v) is 8.93. The number of ether oxygens (including phenoxy) is 1. The lowest BCUT2D eigenvalue weighted by molar-refractivity contribution is -0.113. The minimum Gasteiger partial charge on any atom is -0.383 e. The summed E-state index contributed by atoms with van der Waals surface area (Å²) in [5.41, 5.74) is 1.41. The summed E-state index contributed by atoms with van der Waals surface area (Å²) in [6.45, 7) is 2.89. The molecule has 1 N–H and O–H groups in total. The number of carbonyl (C=O) groups is 1. The molecule has 2 heterocycles. The molecule has 2 aromatic rings. The third kappa shape index (κ3) is 5.07. The summed E-state index contributed by atoms with van der Waals surface area (Å²) in [5, 5.41) is 4.24. The Labute approximate surface area is 171 Å². The zero-order chi connectivity index (χ0) is 19.4. The second kappa shape index (κ2) is 9.14. The standard InChI is InChI=1S/C18H20ClN3O3S2/c1-11-8-14-16(27-11)17(24)22(6-7-25-2)18(21-14)26-10-15(23)20-13-5-3-4-12(19)9-13/h3-5,9,11H,6-8,10H2,1-2H3,(H,20,23). The van der Waals surface area contributed by atoms with Crippen LogP contribution in [0.3, 0.4) is 0 Å². The molecular formula is C18H20ClN3O3S2. The van der Waals surface area contributed by atoms with Crippen molar-refractivity contribution in [3.8, 4) is 0 Å². The molecule has 0 fully saturated rings. The van der Waals surface area contributed by atoms with Crippen LogP contribution in [0.1, 0.15) is 12.6 Å². The number of hydrogen-bond donors (Lipinski definition) is 1. The van der Waals surface area contributed by atoms with Crippen LogP contribution in [-0.2, 0) is 22.5 Å². The van der Waals surface area contributed by atoms with E-state index in [0.717, 1.165) is 12.1 Å². The van der Waals surface area contributed by atoms with E-state index in [9.17, 15) is 9.59 Å². The van der Waals surface area contributed by atoms with E-state index in [1.807, 2.05) is 0 Å². The first-order chi connectivity index (χ1) is 13.0. The van der Waals surface area contributed by atoms with Crippen LogP contribution in [-0.4, -0.2) is 40.2 Å². The molecule has 1 amide bonds. The van der Waals surface area contributed by atoms with Crippen molar-refractivity contribution in [2.24, 2.45) is 0 Å². The Kier molecular flexibility index (Phi) is 6.86. The highest BCUT2D eigenvalue weighted by molar-refractivity contribution is 8.00. The van der Waals surface area contributed by atoms with Crippen molar-refractivity contribution in [2.45, 2.75) is 35.2 Å². The van der Waals surface area contributed by atoms with Gasteiger partial charge in [0.1, 0.15) is 0 Å². The highest BCUT2D eigenvalue weighted by Crippen LogP contribution is 2.34. The van der Waals surface area contributed by atoms with Crippen LogP contribution in [0.4, 0.5) is 5.69 Å². The van der Waals surface area contributed by atoms with Crippen LogP contribution < -0.4 is 10.9 Å². The van der Waals surface area contributed by atoms with Crippen molar-refractivity contribution in [1.29, 1.82) is 0 Å². The number of amides is 1. The van der Waals surface area contributed by atoms with Gasteiger partial charge in [0.25, 0.3) is 5.56 Å². The predicted octanol–water partition coefficient (Wildman–Crippen LogP) is 3.31. The molecule has 1 atom stereocenters.